The third-order valence-electron chi connectivity index (χ3n) is 4.95. The van der Waals surface area contributed by atoms with E-state index in [1.807, 2.05) is 0 Å². The molecule has 1 aromatic heterocycles. The summed E-state index contributed by atoms with van der Waals surface area (Å²) in [5, 5.41) is 4.90. The van der Waals surface area contributed by atoms with Crippen LogP contribution in [0.1, 0.15) is 49.9 Å². The highest BCUT2D eigenvalue weighted by Crippen LogP contribution is 2.35. The Balaban J connectivity index is 1.93. The lowest BCUT2D eigenvalue weighted by atomic mass is 9.95. The number of aromatic amines is 1. The van der Waals surface area contributed by atoms with Crippen LogP contribution in [0.3, 0.4) is 0 Å². The number of nitrogens with zero attached hydrogens (tertiary/aromatic N) is 1. The molecule has 1 fully saturated rings. The number of piperazine rings is 1. The minimum atomic E-state index is 0.560. The maximum Gasteiger partial charge on any atom is 0.0459 e. The molecule has 0 amide bonds. The van der Waals surface area contributed by atoms with Crippen LogP contribution in [0.4, 0.5) is 0 Å². The molecule has 1 atom stereocenters. The minimum absolute atomic E-state index is 0.560. The molecule has 3 nitrogen and oxygen atoms in total. The van der Waals surface area contributed by atoms with Crippen molar-refractivity contribution in [1.82, 2.24) is 15.2 Å². The Bertz CT molecular complexity index is 596. The third-order valence-corrected chi connectivity index (χ3v) is 4.95. The monoisotopic (exact) mass is 299 g/mol. The van der Waals surface area contributed by atoms with Gasteiger partial charge in [-0.15, -0.1) is 0 Å². The van der Waals surface area contributed by atoms with Crippen molar-refractivity contribution in [2.75, 3.05) is 26.2 Å². The summed E-state index contributed by atoms with van der Waals surface area (Å²) in [6, 6.07) is 9.33. The number of hydrogen-bond acceptors (Lipinski definition) is 2. The van der Waals surface area contributed by atoms with E-state index in [9.17, 15) is 0 Å². The fourth-order valence-electron chi connectivity index (χ4n) is 3.82. The van der Waals surface area contributed by atoms with Gasteiger partial charge in [-0.2, -0.15) is 0 Å². The Morgan fingerprint density at radius 1 is 1.14 bits per heavy atom. The van der Waals surface area contributed by atoms with Gasteiger partial charge in [-0.1, -0.05) is 44.4 Å². The largest absolute Gasteiger partial charge is 0.358 e. The molecule has 2 heterocycles. The zero-order valence-corrected chi connectivity index (χ0v) is 14.0. The molecule has 2 aromatic rings. The highest BCUT2D eigenvalue weighted by Gasteiger charge is 2.25. The lowest BCUT2D eigenvalue weighted by Gasteiger charge is -2.35. The summed E-state index contributed by atoms with van der Waals surface area (Å²) >= 11 is 0. The van der Waals surface area contributed by atoms with Crippen molar-refractivity contribution in [1.29, 1.82) is 0 Å². The molecule has 1 saturated heterocycles. The first kappa shape index (κ1) is 15.6. The van der Waals surface area contributed by atoms with E-state index < -0.39 is 0 Å². The van der Waals surface area contributed by atoms with E-state index in [4.69, 9.17) is 0 Å². The van der Waals surface area contributed by atoms with Crippen LogP contribution < -0.4 is 5.32 Å². The van der Waals surface area contributed by atoms with Crippen LogP contribution in [-0.2, 0) is 0 Å². The standard InChI is InChI=1S/C19H29N3/c1-3-4-5-10-18(22-13-11-20-12-14-22)19-15(2)21-17-9-7-6-8-16(17)19/h6-9,18,20-21H,3-5,10-14H2,1-2H3/t18-/m1/s1. The average Bonchev–Trinajstić information content (AvgIpc) is 2.88. The third kappa shape index (κ3) is 3.21. The fourth-order valence-corrected chi connectivity index (χ4v) is 3.82. The van der Waals surface area contributed by atoms with Crippen molar-refractivity contribution in [3.05, 3.63) is 35.5 Å². The Kier molecular flexibility index (Phi) is 5.16. The van der Waals surface area contributed by atoms with Gasteiger partial charge in [0.1, 0.15) is 0 Å². The van der Waals surface area contributed by atoms with Crippen LogP contribution in [0.5, 0.6) is 0 Å². The molecule has 1 aliphatic heterocycles. The van der Waals surface area contributed by atoms with Gasteiger partial charge in [0.2, 0.25) is 0 Å². The summed E-state index contributed by atoms with van der Waals surface area (Å²) in [4.78, 5) is 6.28. The Morgan fingerprint density at radius 3 is 2.68 bits per heavy atom. The zero-order chi connectivity index (χ0) is 15.4. The molecular formula is C19H29N3. The molecule has 2 N–H and O–H groups in total. The van der Waals surface area contributed by atoms with Gasteiger partial charge in [0, 0.05) is 48.8 Å². The van der Waals surface area contributed by atoms with E-state index in [1.54, 1.807) is 0 Å². The number of hydrogen-bond donors (Lipinski definition) is 2. The number of para-hydroxylation sites is 1. The molecule has 22 heavy (non-hydrogen) atoms. The quantitative estimate of drug-likeness (QED) is 0.790. The fraction of sp³-hybridized carbons (Fsp3) is 0.579. The second kappa shape index (κ2) is 7.30. The van der Waals surface area contributed by atoms with E-state index in [0.717, 1.165) is 26.2 Å². The van der Waals surface area contributed by atoms with Crippen LogP contribution in [-0.4, -0.2) is 36.1 Å². The number of rotatable bonds is 6. The molecule has 1 aliphatic rings. The maximum absolute atomic E-state index is 3.59. The lowest BCUT2D eigenvalue weighted by Crippen LogP contribution is -2.45. The van der Waals surface area contributed by atoms with Gasteiger partial charge in [0.25, 0.3) is 0 Å². The Hall–Kier alpha value is -1.32. The topological polar surface area (TPSA) is 31.1 Å². The number of benzene rings is 1. The van der Waals surface area contributed by atoms with Gasteiger partial charge in [-0.25, -0.2) is 0 Å². The summed E-state index contributed by atoms with van der Waals surface area (Å²) in [5.41, 5.74) is 4.17. The van der Waals surface area contributed by atoms with E-state index in [-0.39, 0.29) is 0 Å². The van der Waals surface area contributed by atoms with Crippen molar-refractivity contribution in [3.8, 4) is 0 Å². The molecular weight excluding hydrogens is 270 g/mol. The molecule has 0 spiro atoms. The first-order chi connectivity index (χ1) is 10.8. The highest BCUT2D eigenvalue weighted by molar-refractivity contribution is 5.85. The summed E-state index contributed by atoms with van der Waals surface area (Å²) in [6.07, 6.45) is 5.23. The predicted molar refractivity (Wildman–Crippen MR) is 94.4 cm³/mol. The first-order valence-electron chi connectivity index (χ1n) is 8.83. The van der Waals surface area contributed by atoms with Crippen molar-refractivity contribution in [3.63, 3.8) is 0 Å². The molecule has 3 heteroatoms. The van der Waals surface area contributed by atoms with Gasteiger partial charge in [-0.3, -0.25) is 4.90 Å². The Morgan fingerprint density at radius 2 is 1.91 bits per heavy atom. The Labute approximate surface area is 134 Å². The highest BCUT2D eigenvalue weighted by atomic mass is 15.2. The molecule has 120 valence electrons. The molecule has 3 rings (SSSR count). The number of fused-ring (bicyclic) bond motifs is 1. The number of unbranched alkanes of at least 4 members (excludes halogenated alkanes) is 2. The molecule has 0 saturated carbocycles. The summed E-state index contributed by atoms with van der Waals surface area (Å²) < 4.78 is 0. The first-order valence-corrected chi connectivity index (χ1v) is 8.83. The number of H-pyrrole nitrogens is 1. The van der Waals surface area contributed by atoms with E-state index in [2.05, 4.69) is 53.3 Å². The van der Waals surface area contributed by atoms with Crippen LogP contribution >= 0.6 is 0 Å². The minimum Gasteiger partial charge on any atom is -0.358 e. The lowest BCUT2D eigenvalue weighted by molar-refractivity contribution is 0.163. The van der Waals surface area contributed by atoms with Crippen LogP contribution in [0.15, 0.2) is 24.3 Å². The molecule has 0 aliphatic carbocycles. The number of aromatic nitrogens is 1. The maximum atomic E-state index is 3.59. The van der Waals surface area contributed by atoms with Gasteiger partial charge < -0.3 is 10.3 Å². The van der Waals surface area contributed by atoms with E-state index >= 15 is 0 Å². The molecule has 0 radical (unpaired) electrons. The second-order valence-corrected chi connectivity index (χ2v) is 6.51. The smallest absolute Gasteiger partial charge is 0.0459 e. The van der Waals surface area contributed by atoms with Crippen molar-refractivity contribution >= 4 is 10.9 Å². The van der Waals surface area contributed by atoms with Crippen molar-refractivity contribution < 1.29 is 0 Å². The van der Waals surface area contributed by atoms with Crippen LogP contribution in [0.2, 0.25) is 0 Å². The van der Waals surface area contributed by atoms with Crippen LogP contribution in [0.25, 0.3) is 10.9 Å². The van der Waals surface area contributed by atoms with Gasteiger partial charge in [0.05, 0.1) is 0 Å². The normalized spacial score (nSPS) is 17.9. The SMILES string of the molecule is CCCCC[C@H](c1c(C)[nH]c2ccccc12)N1CCNCC1. The summed E-state index contributed by atoms with van der Waals surface area (Å²) in [5.74, 6) is 0. The number of nitrogens with one attached hydrogen (secondary N) is 2. The second-order valence-electron chi connectivity index (χ2n) is 6.51. The van der Waals surface area contributed by atoms with Crippen LogP contribution in [0, 0.1) is 6.92 Å². The van der Waals surface area contributed by atoms with Crippen molar-refractivity contribution in [2.24, 2.45) is 0 Å². The van der Waals surface area contributed by atoms with E-state index in [0.29, 0.717) is 6.04 Å². The van der Waals surface area contributed by atoms with Gasteiger partial charge >= 0.3 is 0 Å². The predicted octanol–water partition coefficient (Wildman–Crippen LogP) is 4.00. The van der Waals surface area contributed by atoms with Gasteiger partial charge in [0.15, 0.2) is 0 Å². The molecule has 1 aromatic carbocycles. The summed E-state index contributed by atoms with van der Waals surface area (Å²) in [7, 11) is 0. The summed E-state index contributed by atoms with van der Waals surface area (Å²) in [6.45, 7) is 9.09. The average molecular weight is 299 g/mol. The van der Waals surface area contributed by atoms with Crippen molar-refractivity contribution in [2.45, 2.75) is 45.6 Å². The number of aryl methyl sites for hydroxylation is 1. The molecule has 0 bridgehead atoms. The van der Waals surface area contributed by atoms with E-state index in [1.165, 1.54) is 47.8 Å². The van der Waals surface area contributed by atoms with Gasteiger partial charge in [-0.05, 0) is 25.0 Å². The molecule has 0 unspecified atom stereocenters. The zero-order valence-electron chi connectivity index (χ0n) is 14.0.